The van der Waals surface area contributed by atoms with Gasteiger partial charge in [-0.1, -0.05) is 6.08 Å². The summed E-state index contributed by atoms with van der Waals surface area (Å²) >= 11 is 0. The average Bonchev–Trinajstić information content (AvgIpc) is 3.52. The normalized spacial score (nSPS) is 13.4. The van der Waals surface area contributed by atoms with Gasteiger partial charge in [0.1, 0.15) is 10.7 Å². The highest BCUT2D eigenvalue weighted by molar-refractivity contribution is 7.89. The number of amides is 3. The Balaban J connectivity index is 1.67. The van der Waals surface area contributed by atoms with Crippen molar-refractivity contribution in [2.45, 2.75) is 23.8 Å². The number of halogens is 1. The first kappa shape index (κ1) is 21.5. The summed E-state index contributed by atoms with van der Waals surface area (Å²) in [5.41, 5.74) is 0.947. The van der Waals surface area contributed by atoms with Crippen LogP contribution in [0.15, 0.2) is 60.0 Å². The first-order valence-corrected chi connectivity index (χ1v) is 10.7. The smallest absolute Gasteiger partial charge is 0.319 e. The van der Waals surface area contributed by atoms with Crippen LogP contribution in [0.5, 0.6) is 0 Å². The number of sulfonamides is 1. The molecule has 1 saturated carbocycles. The molecule has 4 N–H and O–H groups in total. The minimum absolute atomic E-state index is 0.0265. The third-order valence-corrected chi connectivity index (χ3v) is 5.65. The molecule has 2 aromatic rings. The van der Waals surface area contributed by atoms with Crippen LogP contribution in [0.25, 0.3) is 0 Å². The van der Waals surface area contributed by atoms with E-state index in [9.17, 15) is 22.4 Å². The topological polar surface area (TPSA) is 116 Å². The third kappa shape index (κ3) is 5.65. The summed E-state index contributed by atoms with van der Waals surface area (Å²) < 4.78 is 40.5. The Labute approximate surface area is 173 Å². The summed E-state index contributed by atoms with van der Waals surface area (Å²) in [7, 11) is -4.13. The molecule has 8 nitrogen and oxygen atoms in total. The van der Waals surface area contributed by atoms with Crippen molar-refractivity contribution in [2.75, 3.05) is 17.2 Å². The zero-order valence-electron chi connectivity index (χ0n) is 15.9. The van der Waals surface area contributed by atoms with E-state index in [1.54, 1.807) is 24.3 Å². The number of urea groups is 1. The zero-order valence-corrected chi connectivity index (χ0v) is 16.8. The van der Waals surface area contributed by atoms with Crippen molar-refractivity contribution in [3.8, 4) is 0 Å². The van der Waals surface area contributed by atoms with E-state index in [0.29, 0.717) is 11.4 Å². The second-order valence-corrected chi connectivity index (χ2v) is 8.43. The number of anilines is 2. The van der Waals surface area contributed by atoms with Crippen molar-refractivity contribution in [1.29, 1.82) is 0 Å². The molecule has 0 aromatic heterocycles. The fourth-order valence-corrected chi connectivity index (χ4v) is 3.62. The van der Waals surface area contributed by atoms with Crippen LogP contribution in [0.2, 0.25) is 0 Å². The molecule has 0 saturated heterocycles. The van der Waals surface area contributed by atoms with Crippen molar-refractivity contribution in [1.82, 2.24) is 10.0 Å². The van der Waals surface area contributed by atoms with Gasteiger partial charge in [0.05, 0.1) is 0 Å². The van der Waals surface area contributed by atoms with E-state index in [1.165, 1.54) is 12.1 Å². The molecule has 1 aliphatic carbocycles. The molecule has 1 fully saturated rings. The van der Waals surface area contributed by atoms with Gasteiger partial charge in [-0.25, -0.2) is 22.3 Å². The largest absolute Gasteiger partial charge is 0.335 e. The number of hydrogen-bond donors (Lipinski definition) is 4. The summed E-state index contributed by atoms with van der Waals surface area (Å²) in [5, 5.41) is 8.08. The Morgan fingerprint density at radius 3 is 2.30 bits per heavy atom. The van der Waals surface area contributed by atoms with E-state index in [4.69, 9.17) is 0 Å². The first-order valence-electron chi connectivity index (χ1n) is 9.17. The van der Waals surface area contributed by atoms with Gasteiger partial charge in [-0.3, -0.25) is 4.79 Å². The van der Waals surface area contributed by atoms with Gasteiger partial charge in [-0.2, -0.15) is 0 Å². The van der Waals surface area contributed by atoms with E-state index < -0.39 is 26.6 Å². The summed E-state index contributed by atoms with van der Waals surface area (Å²) in [6, 6.07) is 9.41. The van der Waals surface area contributed by atoms with Crippen LogP contribution in [-0.2, 0) is 10.0 Å². The summed E-state index contributed by atoms with van der Waals surface area (Å²) in [6.45, 7) is 3.33. The number of hydrogen-bond acceptors (Lipinski definition) is 4. The minimum Gasteiger partial charge on any atom is -0.335 e. The molecule has 0 atom stereocenters. The predicted molar refractivity (Wildman–Crippen MR) is 111 cm³/mol. The van der Waals surface area contributed by atoms with Gasteiger partial charge in [-0.05, 0) is 55.3 Å². The molecule has 0 aliphatic heterocycles. The molecule has 3 rings (SSSR count). The molecule has 158 valence electrons. The second-order valence-electron chi connectivity index (χ2n) is 6.69. The lowest BCUT2D eigenvalue weighted by atomic mass is 10.2. The van der Waals surface area contributed by atoms with Crippen molar-refractivity contribution in [3.63, 3.8) is 0 Å². The molecule has 0 heterocycles. The third-order valence-electron chi connectivity index (χ3n) is 4.21. The fourth-order valence-electron chi connectivity index (χ4n) is 2.52. The first-order chi connectivity index (χ1) is 14.3. The SMILES string of the molecule is C=CCNS(=O)(=O)c1cc(C(=O)Nc2ccc(NC(=O)NC3CC3)cc2)ccc1F. The van der Waals surface area contributed by atoms with Crippen LogP contribution in [-0.4, -0.2) is 32.9 Å². The second kappa shape index (κ2) is 9.06. The molecule has 0 radical (unpaired) electrons. The highest BCUT2D eigenvalue weighted by atomic mass is 32.2. The van der Waals surface area contributed by atoms with Crippen LogP contribution >= 0.6 is 0 Å². The van der Waals surface area contributed by atoms with E-state index in [-0.39, 0.29) is 24.2 Å². The van der Waals surface area contributed by atoms with Crippen molar-refractivity contribution >= 4 is 33.3 Å². The molecule has 30 heavy (non-hydrogen) atoms. The van der Waals surface area contributed by atoms with E-state index in [0.717, 1.165) is 25.0 Å². The van der Waals surface area contributed by atoms with E-state index in [1.807, 2.05) is 0 Å². The Morgan fingerprint density at radius 1 is 1.07 bits per heavy atom. The zero-order chi connectivity index (χ0) is 21.7. The molecule has 0 spiro atoms. The molecule has 3 amide bonds. The van der Waals surface area contributed by atoms with Crippen LogP contribution < -0.4 is 20.7 Å². The van der Waals surface area contributed by atoms with Gasteiger partial charge in [0, 0.05) is 29.5 Å². The lowest BCUT2D eigenvalue weighted by Gasteiger charge is -2.10. The lowest BCUT2D eigenvalue weighted by Crippen LogP contribution is -2.30. The molecule has 1 aliphatic rings. The summed E-state index contributed by atoms with van der Waals surface area (Å²) in [6.07, 6.45) is 3.28. The molecule has 2 aromatic carbocycles. The number of carbonyl (C=O) groups excluding carboxylic acids is 2. The number of carbonyl (C=O) groups is 2. The van der Waals surface area contributed by atoms with Gasteiger partial charge in [0.25, 0.3) is 5.91 Å². The Kier molecular flexibility index (Phi) is 6.48. The van der Waals surface area contributed by atoms with E-state index >= 15 is 0 Å². The average molecular weight is 432 g/mol. The van der Waals surface area contributed by atoms with Gasteiger partial charge < -0.3 is 16.0 Å². The maximum atomic E-state index is 14.0. The maximum Gasteiger partial charge on any atom is 0.319 e. The van der Waals surface area contributed by atoms with Crippen molar-refractivity contribution in [3.05, 3.63) is 66.5 Å². The fraction of sp³-hybridized carbons (Fsp3) is 0.200. The summed E-state index contributed by atoms with van der Waals surface area (Å²) in [4.78, 5) is 23.6. The molecular formula is C20H21FN4O4S. The minimum atomic E-state index is -4.13. The van der Waals surface area contributed by atoms with Gasteiger partial charge >= 0.3 is 6.03 Å². The summed E-state index contributed by atoms with van der Waals surface area (Å²) in [5.74, 6) is -1.58. The molecule has 10 heteroatoms. The van der Waals surface area contributed by atoms with Crippen LogP contribution in [0.4, 0.5) is 20.6 Å². The monoisotopic (exact) mass is 432 g/mol. The standard InChI is InChI=1S/C20H21FN4O4S/c1-2-11-22-30(28,29)18-12-13(3-10-17(18)21)19(26)23-14-4-6-15(7-5-14)24-20(27)25-16-8-9-16/h2-7,10,12,16,22H,1,8-9,11H2,(H,23,26)(H2,24,25,27). The number of nitrogens with one attached hydrogen (secondary N) is 4. The number of benzene rings is 2. The van der Waals surface area contributed by atoms with Crippen LogP contribution in [0.1, 0.15) is 23.2 Å². The van der Waals surface area contributed by atoms with Crippen LogP contribution in [0, 0.1) is 5.82 Å². The molecule has 0 bridgehead atoms. The van der Waals surface area contributed by atoms with E-state index in [2.05, 4.69) is 27.3 Å². The molecule has 0 unspecified atom stereocenters. The van der Waals surface area contributed by atoms with Gasteiger partial charge in [0.15, 0.2) is 0 Å². The highest BCUT2D eigenvalue weighted by Gasteiger charge is 2.23. The maximum absolute atomic E-state index is 14.0. The van der Waals surface area contributed by atoms with Gasteiger partial charge in [0.2, 0.25) is 10.0 Å². The van der Waals surface area contributed by atoms with Crippen LogP contribution in [0.3, 0.4) is 0 Å². The van der Waals surface area contributed by atoms with Gasteiger partial charge in [-0.15, -0.1) is 6.58 Å². The Hall–Kier alpha value is -3.24. The van der Waals surface area contributed by atoms with Crippen molar-refractivity contribution in [2.24, 2.45) is 0 Å². The quantitative estimate of drug-likeness (QED) is 0.480. The molecular weight excluding hydrogens is 411 g/mol. The Bertz CT molecular complexity index is 1070. The predicted octanol–water partition coefficient (Wildman–Crippen LogP) is 2.83. The Morgan fingerprint density at radius 2 is 1.70 bits per heavy atom. The lowest BCUT2D eigenvalue weighted by molar-refractivity contribution is 0.102. The highest BCUT2D eigenvalue weighted by Crippen LogP contribution is 2.20. The van der Waals surface area contributed by atoms with Crippen molar-refractivity contribution < 1.29 is 22.4 Å². The number of rotatable bonds is 8.